The zero-order valence-corrected chi connectivity index (χ0v) is 13.6. The van der Waals surface area contributed by atoms with E-state index >= 15 is 0 Å². The van der Waals surface area contributed by atoms with Crippen LogP contribution in [0.2, 0.25) is 0 Å². The third-order valence-electron chi connectivity index (χ3n) is 4.25. The molecule has 2 unspecified atom stereocenters. The largest absolute Gasteiger partial charge is 0.481 e. The summed E-state index contributed by atoms with van der Waals surface area (Å²) in [4.78, 5) is 23.0. The molecule has 0 rings (SSSR count). The molecule has 0 radical (unpaired) electrons. The van der Waals surface area contributed by atoms with Crippen molar-refractivity contribution in [1.29, 1.82) is 0 Å². The number of amides is 1. The van der Waals surface area contributed by atoms with Crippen LogP contribution in [0.5, 0.6) is 0 Å². The number of carbonyl (C=O) groups excluding carboxylic acids is 1. The molecule has 0 saturated heterocycles. The van der Waals surface area contributed by atoms with E-state index in [2.05, 4.69) is 5.32 Å². The Labute approximate surface area is 122 Å². The van der Waals surface area contributed by atoms with Crippen molar-refractivity contribution in [2.45, 2.75) is 72.4 Å². The van der Waals surface area contributed by atoms with Gasteiger partial charge in [0, 0.05) is 11.6 Å². The van der Waals surface area contributed by atoms with Gasteiger partial charge in [-0.1, -0.05) is 13.3 Å². The summed E-state index contributed by atoms with van der Waals surface area (Å²) in [5.74, 6) is -1.17. The lowest BCUT2D eigenvalue weighted by molar-refractivity contribution is -0.141. The van der Waals surface area contributed by atoms with E-state index in [1.807, 2.05) is 34.6 Å². The number of aliphatic carboxylic acids is 1. The predicted molar refractivity (Wildman–Crippen MR) is 80.3 cm³/mol. The highest BCUT2D eigenvalue weighted by atomic mass is 16.4. The van der Waals surface area contributed by atoms with Gasteiger partial charge < -0.3 is 16.2 Å². The minimum atomic E-state index is -0.771. The second-order valence-corrected chi connectivity index (χ2v) is 6.89. The first kappa shape index (κ1) is 18.9. The van der Waals surface area contributed by atoms with Gasteiger partial charge in [-0.2, -0.15) is 0 Å². The Morgan fingerprint density at radius 3 is 2.05 bits per heavy atom. The molecule has 0 spiro atoms. The first-order valence-corrected chi connectivity index (χ1v) is 7.22. The van der Waals surface area contributed by atoms with Crippen LogP contribution in [0.15, 0.2) is 0 Å². The number of hydrogen-bond donors (Lipinski definition) is 3. The van der Waals surface area contributed by atoms with E-state index in [0.29, 0.717) is 6.42 Å². The van der Waals surface area contributed by atoms with E-state index in [0.717, 1.165) is 12.8 Å². The number of nitrogens with two attached hydrogens (primary N) is 1. The molecule has 1 amide bonds. The van der Waals surface area contributed by atoms with E-state index in [4.69, 9.17) is 10.8 Å². The number of hydrogen-bond acceptors (Lipinski definition) is 3. The SMILES string of the molecule is CC(CCCC(C)C(=O)O)NC(=O)C(C)(C)C(C)(C)N. The van der Waals surface area contributed by atoms with Crippen molar-refractivity contribution in [3.63, 3.8) is 0 Å². The van der Waals surface area contributed by atoms with Crippen LogP contribution < -0.4 is 11.1 Å². The molecule has 5 heteroatoms. The maximum atomic E-state index is 12.2. The van der Waals surface area contributed by atoms with Crippen molar-refractivity contribution in [2.24, 2.45) is 17.1 Å². The number of carboxylic acids is 1. The zero-order chi connectivity index (χ0) is 16.1. The number of rotatable bonds is 8. The van der Waals surface area contributed by atoms with Crippen molar-refractivity contribution in [2.75, 3.05) is 0 Å². The quantitative estimate of drug-likeness (QED) is 0.637. The first-order valence-electron chi connectivity index (χ1n) is 7.22. The van der Waals surface area contributed by atoms with Crippen LogP contribution in [-0.2, 0) is 9.59 Å². The first-order chi connectivity index (χ1) is 8.89. The topological polar surface area (TPSA) is 92.4 Å². The monoisotopic (exact) mass is 286 g/mol. The Balaban J connectivity index is 4.25. The second-order valence-electron chi connectivity index (χ2n) is 6.89. The Hall–Kier alpha value is -1.10. The van der Waals surface area contributed by atoms with E-state index in [1.54, 1.807) is 6.92 Å². The van der Waals surface area contributed by atoms with Gasteiger partial charge in [-0.25, -0.2) is 0 Å². The molecule has 0 aliphatic carbocycles. The number of carbonyl (C=O) groups is 2. The molecule has 5 nitrogen and oxygen atoms in total. The van der Waals surface area contributed by atoms with Crippen LogP contribution in [0.25, 0.3) is 0 Å². The molecule has 2 atom stereocenters. The van der Waals surface area contributed by atoms with Gasteiger partial charge in [0.25, 0.3) is 0 Å². The smallest absolute Gasteiger partial charge is 0.306 e. The molecule has 118 valence electrons. The number of nitrogens with one attached hydrogen (secondary N) is 1. The summed E-state index contributed by atoms with van der Waals surface area (Å²) in [6, 6.07) is 0.0186. The van der Waals surface area contributed by atoms with E-state index in [-0.39, 0.29) is 17.9 Å². The molecule has 4 N–H and O–H groups in total. The molecule has 0 bridgehead atoms. The van der Waals surface area contributed by atoms with Crippen LogP contribution in [-0.4, -0.2) is 28.6 Å². The maximum absolute atomic E-state index is 12.2. The molecule has 0 saturated carbocycles. The second kappa shape index (κ2) is 7.07. The van der Waals surface area contributed by atoms with Gasteiger partial charge in [0.1, 0.15) is 0 Å². The molecule has 0 aromatic heterocycles. The van der Waals surface area contributed by atoms with E-state index in [1.165, 1.54) is 0 Å². The molecule has 0 aromatic rings. The summed E-state index contributed by atoms with van der Waals surface area (Å²) in [6.45, 7) is 11.0. The highest BCUT2D eigenvalue weighted by Crippen LogP contribution is 2.28. The minimum Gasteiger partial charge on any atom is -0.481 e. The van der Waals surface area contributed by atoms with Crippen molar-refractivity contribution in [3.05, 3.63) is 0 Å². The van der Waals surface area contributed by atoms with Gasteiger partial charge in [0.05, 0.1) is 11.3 Å². The van der Waals surface area contributed by atoms with Gasteiger partial charge in [-0.15, -0.1) is 0 Å². The van der Waals surface area contributed by atoms with Crippen LogP contribution in [0, 0.1) is 11.3 Å². The van der Waals surface area contributed by atoms with E-state index < -0.39 is 16.9 Å². The van der Waals surface area contributed by atoms with Gasteiger partial charge >= 0.3 is 5.97 Å². The highest BCUT2D eigenvalue weighted by Gasteiger charge is 2.40. The van der Waals surface area contributed by atoms with Crippen molar-refractivity contribution < 1.29 is 14.7 Å². The minimum absolute atomic E-state index is 0.0186. The third kappa shape index (κ3) is 5.49. The maximum Gasteiger partial charge on any atom is 0.306 e. The van der Waals surface area contributed by atoms with Gasteiger partial charge in [-0.3, -0.25) is 9.59 Å². The lowest BCUT2D eigenvalue weighted by atomic mass is 9.74. The Morgan fingerprint density at radius 1 is 1.15 bits per heavy atom. The summed E-state index contributed by atoms with van der Waals surface area (Å²) in [7, 11) is 0. The van der Waals surface area contributed by atoms with Gasteiger partial charge in [-0.05, 0) is 47.5 Å². The van der Waals surface area contributed by atoms with Crippen LogP contribution >= 0.6 is 0 Å². The molecule has 0 aliphatic heterocycles. The van der Waals surface area contributed by atoms with Crippen LogP contribution in [0.1, 0.15) is 60.8 Å². The molecular formula is C15H30N2O3. The van der Waals surface area contributed by atoms with Gasteiger partial charge in [0.15, 0.2) is 0 Å². The predicted octanol–water partition coefficient (Wildman–Crippen LogP) is 2.15. The van der Waals surface area contributed by atoms with E-state index in [9.17, 15) is 9.59 Å². The summed E-state index contributed by atoms with van der Waals surface area (Å²) >= 11 is 0. The Bertz CT molecular complexity index is 346. The van der Waals surface area contributed by atoms with Crippen molar-refractivity contribution >= 4 is 11.9 Å². The highest BCUT2D eigenvalue weighted by molar-refractivity contribution is 5.83. The Kier molecular flexibility index (Phi) is 6.68. The molecular weight excluding hydrogens is 256 g/mol. The molecule has 0 heterocycles. The van der Waals surface area contributed by atoms with Crippen molar-refractivity contribution in [1.82, 2.24) is 5.32 Å². The fourth-order valence-corrected chi connectivity index (χ4v) is 1.62. The normalized spacial score (nSPS) is 15.6. The standard InChI is InChI=1S/C15H30N2O3/c1-10(12(18)19)8-7-9-11(2)17-13(20)14(3,4)15(5,6)16/h10-11H,7-9,16H2,1-6H3,(H,17,20)(H,18,19). The summed E-state index contributed by atoms with van der Waals surface area (Å²) < 4.78 is 0. The average molecular weight is 286 g/mol. The van der Waals surface area contributed by atoms with Crippen LogP contribution in [0.3, 0.4) is 0 Å². The third-order valence-corrected chi connectivity index (χ3v) is 4.25. The average Bonchev–Trinajstić information content (AvgIpc) is 2.26. The fraction of sp³-hybridized carbons (Fsp3) is 0.867. The van der Waals surface area contributed by atoms with Crippen LogP contribution in [0.4, 0.5) is 0 Å². The summed E-state index contributed by atoms with van der Waals surface area (Å²) in [6.07, 6.45) is 2.17. The van der Waals surface area contributed by atoms with Gasteiger partial charge in [0.2, 0.25) is 5.91 Å². The molecule has 0 aliphatic rings. The number of carboxylic acid groups (broad SMARTS) is 1. The molecule has 0 aromatic carbocycles. The zero-order valence-electron chi connectivity index (χ0n) is 13.6. The van der Waals surface area contributed by atoms with Crippen molar-refractivity contribution in [3.8, 4) is 0 Å². The summed E-state index contributed by atoms with van der Waals surface area (Å²) in [5.41, 5.74) is 4.78. The summed E-state index contributed by atoms with van der Waals surface area (Å²) in [5, 5.41) is 11.8. The lowest BCUT2D eigenvalue weighted by Gasteiger charge is -2.37. The Morgan fingerprint density at radius 2 is 1.65 bits per heavy atom. The molecule has 0 fully saturated rings. The fourth-order valence-electron chi connectivity index (χ4n) is 1.62. The lowest BCUT2D eigenvalue weighted by Crippen LogP contribution is -2.56. The molecule has 20 heavy (non-hydrogen) atoms.